The molecule has 0 saturated carbocycles. The van der Waals surface area contributed by atoms with Crippen LogP contribution in [0.25, 0.3) is 0 Å². The van der Waals surface area contributed by atoms with Crippen LogP contribution in [0.2, 0.25) is 0 Å². The predicted molar refractivity (Wildman–Crippen MR) is 181 cm³/mol. The summed E-state index contributed by atoms with van der Waals surface area (Å²) < 4.78 is 0. The van der Waals surface area contributed by atoms with Crippen LogP contribution >= 0.6 is 0 Å². The van der Waals surface area contributed by atoms with Crippen LogP contribution in [0.5, 0.6) is 0 Å². The third-order valence-electron chi connectivity index (χ3n) is 7.79. The highest BCUT2D eigenvalue weighted by atomic mass is 16.3. The predicted octanol–water partition coefficient (Wildman–Crippen LogP) is 9.44. The van der Waals surface area contributed by atoms with Crippen molar-refractivity contribution >= 4 is 0 Å². The molecule has 0 heterocycles. The van der Waals surface area contributed by atoms with Gasteiger partial charge in [0.15, 0.2) is 0 Å². The van der Waals surface area contributed by atoms with Gasteiger partial charge in [0, 0.05) is 22.0 Å². The molecule has 0 saturated heterocycles. The molecule has 2 nitrogen and oxygen atoms in total. The Morgan fingerprint density at radius 1 is 0.619 bits per heavy atom. The van der Waals surface area contributed by atoms with E-state index in [-0.39, 0.29) is 23.0 Å². The van der Waals surface area contributed by atoms with Gasteiger partial charge in [0.25, 0.3) is 0 Å². The van der Waals surface area contributed by atoms with Crippen molar-refractivity contribution in [3.63, 3.8) is 0 Å². The van der Waals surface area contributed by atoms with Gasteiger partial charge < -0.3 is 10.2 Å². The Balaban J connectivity index is 1.93. The van der Waals surface area contributed by atoms with E-state index in [2.05, 4.69) is 103 Å². The first-order valence-corrected chi connectivity index (χ1v) is 15.1. The number of aliphatic hydroxyl groups is 2. The zero-order valence-corrected chi connectivity index (χ0v) is 27.7. The second-order valence-corrected chi connectivity index (χ2v) is 13.3. The minimum atomic E-state index is -0.263. The molecule has 42 heavy (non-hydrogen) atoms. The molecule has 0 radical (unpaired) electrons. The van der Waals surface area contributed by atoms with Crippen LogP contribution in [0, 0.1) is 34.5 Å². The molecule has 0 aromatic carbocycles. The van der Waals surface area contributed by atoms with E-state index in [1.54, 1.807) is 0 Å². The molecule has 0 spiro atoms. The summed E-state index contributed by atoms with van der Waals surface area (Å²) in [5.74, 6) is 13.3. The van der Waals surface area contributed by atoms with Gasteiger partial charge in [0.2, 0.25) is 0 Å². The summed E-state index contributed by atoms with van der Waals surface area (Å²) in [6.07, 6.45) is 23.0. The number of hydrogen-bond acceptors (Lipinski definition) is 2. The standard InChI is InChI=1S/C40H52O2/c1-29(17-13-19-31(3)21-23-37-33(5)25-35(41)27-39(37,7)8)15-11-12-16-30(2)18-14-20-32(4)22-24-38-34(6)26-36(42)28-40(38,9)10/h11-20,35-36,41-42H,25-28H2,1-10H3/b12-11+,17-13-,18-14+,29-15-,30-16+,31-19+,32-20+. The lowest BCUT2D eigenvalue weighted by molar-refractivity contribution is 0.116. The number of hydrogen-bond donors (Lipinski definition) is 2. The van der Waals surface area contributed by atoms with E-state index in [1.807, 2.05) is 50.3 Å². The monoisotopic (exact) mass is 564 g/mol. The summed E-state index contributed by atoms with van der Waals surface area (Å²) in [7, 11) is 0. The van der Waals surface area contributed by atoms with Crippen molar-refractivity contribution in [2.45, 2.75) is 107 Å². The first-order valence-electron chi connectivity index (χ1n) is 15.1. The second kappa shape index (κ2) is 15.8. The Labute approximate surface area is 256 Å². The molecule has 0 aliphatic heterocycles. The summed E-state index contributed by atoms with van der Waals surface area (Å²) in [6.45, 7) is 21.1. The van der Waals surface area contributed by atoms with E-state index in [1.165, 1.54) is 11.1 Å². The fraction of sp³-hybridized carbons (Fsp3) is 0.450. The van der Waals surface area contributed by atoms with Gasteiger partial charge in [-0.15, -0.1) is 0 Å². The van der Waals surface area contributed by atoms with Crippen molar-refractivity contribution in [1.82, 2.24) is 0 Å². The van der Waals surface area contributed by atoms with Gasteiger partial charge in [-0.3, -0.25) is 0 Å². The van der Waals surface area contributed by atoms with Crippen LogP contribution in [-0.2, 0) is 0 Å². The molecule has 0 aromatic heterocycles. The third-order valence-corrected chi connectivity index (χ3v) is 7.79. The van der Waals surface area contributed by atoms with Gasteiger partial charge in [-0.25, -0.2) is 0 Å². The maximum Gasteiger partial charge on any atom is 0.0586 e. The quantitative estimate of drug-likeness (QED) is 0.249. The van der Waals surface area contributed by atoms with Crippen molar-refractivity contribution in [3.8, 4) is 23.7 Å². The molecule has 2 N–H and O–H groups in total. The molecule has 2 heteroatoms. The van der Waals surface area contributed by atoms with Gasteiger partial charge in [-0.05, 0) is 78.4 Å². The van der Waals surface area contributed by atoms with Crippen LogP contribution in [-0.4, -0.2) is 22.4 Å². The summed E-state index contributed by atoms with van der Waals surface area (Å²) in [6, 6.07) is 0. The highest BCUT2D eigenvalue weighted by Crippen LogP contribution is 2.40. The first kappa shape index (κ1) is 34.9. The molecule has 0 bridgehead atoms. The van der Waals surface area contributed by atoms with Crippen LogP contribution in [0.3, 0.4) is 0 Å². The van der Waals surface area contributed by atoms with Crippen LogP contribution < -0.4 is 0 Å². The molecule has 2 aliphatic carbocycles. The van der Waals surface area contributed by atoms with Crippen molar-refractivity contribution in [1.29, 1.82) is 0 Å². The molecule has 0 aromatic rings. The lowest BCUT2D eigenvalue weighted by Gasteiger charge is -2.34. The van der Waals surface area contributed by atoms with E-state index in [0.29, 0.717) is 0 Å². The Bertz CT molecular complexity index is 1290. The van der Waals surface area contributed by atoms with E-state index in [0.717, 1.165) is 59.1 Å². The zero-order chi connectivity index (χ0) is 31.5. The lowest BCUT2D eigenvalue weighted by atomic mass is 9.72. The van der Waals surface area contributed by atoms with Crippen LogP contribution in [0.4, 0.5) is 0 Å². The van der Waals surface area contributed by atoms with E-state index < -0.39 is 0 Å². The molecule has 2 unspecified atom stereocenters. The SMILES string of the molecule is CC1=C(C#C/C(C)=C/C=C\C(C)=C/C=C/C=C(C)/C=C/C=C(\C)C#CC2=C(C)CC(O)CC2(C)C)C(C)(C)CC(O)C1. The molecular weight excluding hydrogens is 512 g/mol. The third kappa shape index (κ3) is 11.5. The molecule has 2 aliphatic rings. The topological polar surface area (TPSA) is 40.5 Å². The van der Waals surface area contributed by atoms with E-state index in [4.69, 9.17) is 0 Å². The maximum atomic E-state index is 10.1. The zero-order valence-electron chi connectivity index (χ0n) is 27.7. The minimum Gasteiger partial charge on any atom is -0.393 e. The summed E-state index contributed by atoms with van der Waals surface area (Å²) in [5, 5.41) is 20.2. The highest BCUT2D eigenvalue weighted by molar-refractivity contribution is 5.46. The number of rotatable bonds is 6. The largest absolute Gasteiger partial charge is 0.393 e. The minimum absolute atomic E-state index is 0.0840. The number of allylic oxidation sites excluding steroid dienone is 16. The van der Waals surface area contributed by atoms with Crippen molar-refractivity contribution in [2.75, 3.05) is 0 Å². The Morgan fingerprint density at radius 3 is 1.31 bits per heavy atom. The Kier molecular flexibility index (Phi) is 13.1. The average Bonchev–Trinajstić information content (AvgIpc) is 2.84. The maximum absolute atomic E-state index is 10.1. The van der Waals surface area contributed by atoms with Gasteiger partial charge in [0.1, 0.15) is 0 Å². The smallest absolute Gasteiger partial charge is 0.0586 e. The van der Waals surface area contributed by atoms with Crippen LogP contribution in [0.15, 0.2) is 105 Å². The van der Waals surface area contributed by atoms with Crippen molar-refractivity contribution in [3.05, 3.63) is 105 Å². The molecule has 224 valence electrons. The van der Waals surface area contributed by atoms with Crippen molar-refractivity contribution in [2.24, 2.45) is 10.8 Å². The number of aliphatic hydroxyl groups excluding tert-OH is 2. The Hall–Kier alpha value is -3.30. The molecule has 2 atom stereocenters. The fourth-order valence-electron chi connectivity index (χ4n) is 5.76. The summed E-state index contributed by atoms with van der Waals surface area (Å²) >= 11 is 0. The lowest BCUT2D eigenvalue weighted by Crippen LogP contribution is -2.28. The van der Waals surface area contributed by atoms with E-state index >= 15 is 0 Å². The molecule has 2 rings (SSSR count). The highest BCUT2D eigenvalue weighted by Gasteiger charge is 2.33. The molecule has 0 fully saturated rings. The summed E-state index contributed by atoms with van der Waals surface area (Å²) in [5.41, 5.74) is 8.91. The van der Waals surface area contributed by atoms with Gasteiger partial charge in [0.05, 0.1) is 12.2 Å². The average molecular weight is 565 g/mol. The van der Waals surface area contributed by atoms with Crippen LogP contribution in [0.1, 0.15) is 94.9 Å². The summed E-state index contributed by atoms with van der Waals surface area (Å²) in [4.78, 5) is 0. The normalized spacial score (nSPS) is 23.9. The molecule has 0 amide bonds. The van der Waals surface area contributed by atoms with Gasteiger partial charge in [-0.1, -0.05) is 134 Å². The van der Waals surface area contributed by atoms with Crippen molar-refractivity contribution < 1.29 is 10.2 Å². The Morgan fingerprint density at radius 2 is 0.976 bits per heavy atom. The van der Waals surface area contributed by atoms with Gasteiger partial charge in [-0.2, -0.15) is 0 Å². The first-order chi connectivity index (χ1) is 19.6. The fourth-order valence-corrected chi connectivity index (χ4v) is 5.76. The van der Waals surface area contributed by atoms with E-state index in [9.17, 15) is 10.2 Å². The second-order valence-electron chi connectivity index (χ2n) is 13.3. The molecular formula is C40H52O2. The van der Waals surface area contributed by atoms with Gasteiger partial charge >= 0.3 is 0 Å².